The maximum Gasteiger partial charge on any atom is 0.295 e. The number of aryl methyl sites for hydroxylation is 1. The average Bonchev–Trinajstić information content (AvgIpc) is 3.08. The van der Waals surface area contributed by atoms with Crippen molar-refractivity contribution in [2.45, 2.75) is 32.9 Å². The zero-order chi connectivity index (χ0) is 23.4. The van der Waals surface area contributed by atoms with Gasteiger partial charge < -0.3 is 14.7 Å². The monoisotopic (exact) mass is 442 g/mol. The molecule has 33 heavy (non-hydrogen) atoms. The highest BCUT2D eigenvalue weighted by Gasteiger charge is 2.46. The number of ether oxygens (including phenoxy) is 1. The van der Waals surface area contributed by atoms with Crippen LogP contribution in [0.1, 0.15) is 41.6 Å². The molecule has 3 aromatic rings. The van der Waals surface area contributed by atoms with Crippen molar-refractivity contribution < 1.29 is 19.4 Å². The van der Waals surface area contributed by atoms with Gasteiger partial charge in [-0.25, -0.2) is 0 Å². The number of hydrogen-bond donors (Lipinski definition) is 1. The molecule has 1 atom stereocenters. The third-order valence-corrected chi connectivity index (χ3v) is 5.61. The van der Waals surface area contributed by atoms with E-state index in [0.717, 1.165) is 23.1 Å². The predicted molar refractivity (Wildman–Crippen MR) is 125 cm³/mol. The average molecular weight is 443 g/mol. The number of benzene rings is 2. The van der Waals surface area contributed by atoms with Gasteiger partial charge in [0.25, 0.3) is 11.7 Å². The lowest BCUT2D eigenvalue weighted by Gasteiger charge is -2.25. The molecule has 0 bridgehead atoms. The Labute approximate surface area is 193 Å². The summed E-state index contributed by atoms with van der Waals surface area (Å²) in [6.07, 6.45) is 4.21. The van der Waals surface area contributed by atoms with E-state index in [0.29, 0.717) is 17.9 Å². The van der Waals surface area contributed by atoms with Gasteiger partial charge in [0.15, 0.2) is 0 Å². The number of pyridine rings is 1. The number of hydrogen-bond acceptors (Lipinski definition) is 5. The second-order valence-corrected chi connectivity index (χ2v) is 8.07. The second-order valence-electron chi connectivity index (χ2n) is 8.07. The number of amides is 1. The Morgan fingerprint density at radius 1 is 1.06 bits per heavy atom. The summed E-state index contributed by atoms with van der Waals surface area (Å²) in [6.45, 7) is 4.78. The van der Waals surface area contributed by atoms with Crippen molar-refractivity contribution in [1.82, 2.24) is 9.88 Å². The number of ketones is 1. The molecular weight excluding hydrogens is 416 g/mol. The number of carbonyl (C=O) groups is 2. The number of carbonyl (C=O) groups excluding carboxylic acids is 2. The molecule has 2 heterocycles. The number of Topliss-reactive ketones (excluding diaryl/α,β-unsaturated/α-hetero) is 1. The number of nitrogens with zero attached hydrogens (tertiary/aromatic N) is 2. The van der Waals surface area contributed by atoms with E-state index in [2.05, 4.69) is 4.98 Å². The summed E-state index contributed by atoms with van der Waals surface area (Å²) in [5, 5.41) is 11.1. The first-order valence-corrected chi connectivity index (χ1v) is 11.0. The van der Waals surface area contributed by atoms with Crippen LogP contribution in [-0.4, -0.2) is 33.3 Å². The summed E-state index contributed by atoms with van der Waals surface area (Å²) in [5.41, 5.74) is 3.11. The quantitative estimate of drug-likeness (QED) is 0.323. The van der Waals surface area contributed by atoms with Crippen molar-refractivity contribution in [2.75, 3.05) is 6.61 Å². The highest BCUT2D eigenvalue weighted by molar-refractivity contribution is 6.46. The maximum atomic E-state index is 13.1. The van der Waals surface area contributed by atoms with Crippen LogP contribution in [0.15, 0.2) is 78.6 Å². The van der Waals surface area contributed by atoms with E-state index >= 15 is 0 Å². The van der Waals surface area contributed by atoms with Gasteiger partial charge in [0, 0.05) is 24.5 Å². The summed E-state index contributed by atoms with van der Waals surface area (Å²) in [6, 6.07) is 17.4. The largest absolute Gasteiger partial charge is 0.507 e. The Morgan fingerprint density at radius 3 is 2.42 bits per heavy atom. The molecule has 1 N–H and O–H groups in total. The first-order valence-electron chi connectivity index (χ1n) is 11.0. The maximum absolute atomic E-state index is 13.1. The molecule has 0 aliphatic carbocycles. The van der Waals surface area contributed by atoms with Gasteiger partial charge in [-0.15, -0.1) is 0 Å². The molecule has 1 fully saturated rings. The van der Waals surface area contributed by atoms with Crippen LogP contribution in [0.3, 0.4) is 0 Å². The third-order valence-electron chi connectivity index (χ3n) is 5.61. The molecule has 1 aliphatic rings. The Morgan fingerprint density at radius 2 is 1.79 bits per heavy atom. The molecule has 1 aromatic heterocycles. The topological polar surface area (TPSA) is 79.7 Å². The molecule has 168 valence electrons. The fraction of sp³-hybridized carbons (Fsp3) is 0.222. The van der Waals surface area contributed by atoms with Crippen molar-refractivity contribution in [3.63, 3.8) is 0 Å². The van der Waals surface area contributed by atoms with E-state index in [1.807, 2.05) is 56.3 Å². The summed E-state index contributed by atoms with van der Waals surface area (Å²) in [4.78, 5) is 31.8. The Balaban J connectivity index is 1.80. The van der Waals surface area contributed by atoms with Gasteiger partial charge in [0.1, 0.15) is 11.5 Å². The minimum atomic E-state index is -0.730. The molecule has 0 spiro atoms. The highest BCUT2D eigenvalue weighted by atomic mass is 16.5. The minimum absolute atomic E-state index is 0.0787. The van der Waals surface area contributed by atoms with Crippen LogP contribution in [0.2, 0.25) is 0 Å². The van der Waals surface area contributed by atoms with Gasteiger partial charge in [0.2, 0.25) is 0 Å². The second kappa shape index (κ2) is 9.69. The number of aliphatic hydroxyl groups is 1. The van der Waals surface area contributed by atoms with Crippen LogP contribution in [0.25, 0.3) is 5.76 Å². The van der Waals surface area contributed by atoms with Crippen LogP contribution >= 0.6 is 0 Å². The Bertz CT molecular complexity index is 1170. The summed E-state index contributed by atoms with van der Waals surface area (Å²) in [7, 11) is 0. The predicted octanol–water partition coefficient (Wildman–Crippen LogP) is 4.80. The highest BCUT2D eigenvalue weighted by Crippen LogP contribution is 2.40. The van der Waals surface area contributed by atoms with E-state index in [1.165, 1.54) is 4.90 Å². The molecule has 0 radical (unpaired) electrons. The van der Waals surface area contributed by atoms with Gasteiger partial charge in [0.05, 0.1) is 18.2 Å². The van der Waals surface area contributed by atoms with Crippen LogP contribution in [0.4, 0.5) is 0 Å². The fourth-order valence-corrected chi connectivity index (χ4v) is 3.91. The molecule has 0 saturated carbocycles. The van der Waals surface area contributed by atoms with Crippen molar-refractivity contribution in [3.8, 4) is 5.75 Å². The van der Waals surface area contributed by atoms with Crippen molar-refractivity contribution in [2.24, 2.45) is 0 Å². The smallest absolute Gasteiger partial charge is 0.295 e. The van der Waals surface area contributed by atoms with Crippen LogP contribution in [0.5, 0.6) is 5.75 Å². The number of rotatable bonds is 7. The zero-order valence-corrected chi connectivity index (χ0v) is 18.7. The van der Waals surface area contributed by atoms with Gasteiger partial charge in [-0.1, -0.05) is 55.0 Å². The number of likely N-dealkylation sites (tertiary alicyclic amines) is 1. The molecular formula is C27H26N2O4. The SMILES string of the molecule is CCCOc1ccc([C@H]2/C(=C(\O)c3ccc(C)cc3)C(=O)C(=O)N2Cc2cccnc2)cc1. The third kappa shape index (κ3) is 4.65. The number of aliphatic hydroxyl groups excluding tert-OH is 1. The summed E-state index contributed by atoms with van der Waals surface area (Å²) >= 11 is 0. The summed E-state index contributed by atoms with van der Waals surface area (Å²) in [5.74, 6) is -0.821. The molecule has 0 unspecified atom stereocenters. The molecule has 6 nitrogen and oxygen atoms in total. The Kier molecular flexibility index (Phi) is 6.54. The standard InChI is InChI=1S/C27H26N2O4/c1-3-15-33-22-12-10-20(11-13-22)24-23(25(30)21-8-6-18(2)7-9-21)26(31)27(32)29(24)17-19-5-4-14-28-16-19/h4-14,16,24,30H,3,15,17H2,1-2H3/b25-23+/t24-/m0/s1. The number of aromatic nitrogens is 1. The molecule has 6 heteroatoms. The molecule has 4 rings (SSSR count). The van der Waals surface area contributed by atoms with Gasteiger partial charge in [-0.3, -0.25) is 14.6 Å². The first-order chi connectivity index (χ1) is 16.0. The fourth-order valence-electron chi connectivity index (χ4n) is 3.91. The normalized spacial score (nSPS) is 17.4. The molecule has 2 aromatic carbocycles. The van der Waals surface area contributed by atoms with E-state index in [1.54, 1.807) is 30.6 Å². The van der Waals surface area contributed by atoms with E-state index < -0.39 is 17.7 Å². The van der Waals surface area contributed by atoms with E-state index in [-0.39, 0.29) is 17.9 Å². The lowest BCUT2D eigenvalue weighted by molar-refractivity contribution is -0.140. The molecule has 1 saturated heterocycles. The van der Waals surface area contributed by atoms with Gasteiger partial charge >= 0.3 is 0 Å². The van der Waals surface area contributed by atoms with Crippen molar-refractivity contribution in [3.05, 3.63) is 101 Å². The Hall–Kier alpha value is -3.93. The summed E-state index contributed by atoms with van der Waals surface area (Å²) < 4.78 is 5.68. The molecule has 1 aliphatic heterocycles. The lowest BCUT2D eigenvalue weighted by atomic mass is 9.95. The van der Waals surface area contributed by atoms with Crippen LogP contribution in [-0.2, 0) is 16.1 Å². The molecule has 1 amide bonds. The lowest BCUT2D eigenvalue weighted by Crippen LogP contribution is -2.29. The van der Waals surface area contributed by atoms with Crippen molar-refractivity contribution in [1.29, 1.82) is 0 Å². The van der Waals surface area contributed by atoms with Crippen LogP contribution < -0.4 is 4.74 Å². The van der Waals surface area contributed by atoms with E-state index in [4.69, 9.17) is 4.74 Å². The van der Waals surface area contributed by atoms with Gasteiger partial charge in [-0.2, -0.15) is 0 Å². The minimum Gasteiger partial charge on any atom is -0.507 e. The van der Waals surface area contributed by atoms with Crippen molar-refractivity contribution >= 4 is 17.4 Å². The van der Waals surface area contributed by atoms with E-state index in [9.17, 15) is 14.7 Å². The van der Waals surface area contributed by atoms with Crippen LogP contribution in [0, 0.1) is 6.92 Å². The first kappa shape index (κ1) is 22.3. The van der Waals surface area contributed by atoms with Gasteiger partial charge in [-0.05, 0) is 42.7 Å². The zero-order valence-electron chi connectivity index (χ0n) is 18.7.